The first-order valence-electron chi connectivity index (χ1n) is 10.5. The largest absolute Gasteiger partial charge is 0.497 e. The van der Waals surface area contributed by atoms with Crippen LogP contribution in [-0.2, 0) is 11.3 Å². The SMILES string of the molecule is COc1ccc(-c2[nH]ncc2CN2CCN(C3CCCCC3)C(=O)C2)c(OC)c1. The first-order chi connectivity index (χ1) is 14.2. The summed E-state index contributed by atoms with van der Waals surface area (Å²) in [5.41, 5.74) is 2.92. The van der Waals surface area contributed by atoms with Gasteiger partial charge in [0.05, 0.1) is 32.7 Å². The number of piperazine rings is 1. The third kappa shape index (κ3) is 4.24. The van der Waals surface area contributed by atoms with Crippen molar-refractivity contribution in [1.29, 1.82) is 0 Å². The second-order valence-electron chi connectivity index (χ2n) is 7.93. The minimum Gasteiger partial charge on any atom is -0.497 e. The van der Waals surface area contributed by atoms with Gasteiger partial charge in [-0.2, -0.15) is 5.10 Å². The minimum absolute atomic E-state index is 0.259. The van der Waals surface area contributed by atoms with Crippen molar-refractivity contribution in [2.45, 2.75) is 44.7 Å². The van der Waals surface area contributed by atoms with Crippen molar-refractivity contribution >= 4 is 5.91 Å². The van der Waals surface area contributed by atoms with Crippen LogP contribution in [0.25, 0.3) is 11.3 Å². The number of rotatable bonds is 6. The summed E-state index contributed by atoms with van der Waals surface area (Å²) in [5.74, 6) is 1.74. The highest BCUT2D eigenvalue weighted by Gasteiger charge is 2.30. The van der Waals surface area contributed by atoms with E-state index >= 15 is 0 Å². The number of carbonyl (C=O) groups is 1. The highest BCUT2D eigenvalue weighted by atomic mass is 16.5. The van der Waals surface area contributed by atoms with E-state index in [1.165, 1.54) is 19.3 Å². The lowest BCUT2D eigenvalue weighted by Crippen LogP contribution is -2.54. The number of hydrogen-bond acceptors (Lipinski definition) is 5. The third-order valence-corrected chi connectivity index (χ3v) is 6.14. The number of carbonyl (C=O) groups excluding carboxylic acids is 1. The second-order valence-corrected chi connectivity index (χ2v) is 7.93. The topological polar surface area (TPSA) is 70.7 Å². The van der Waals surface area contributed by atoms with Gasteiger partial charge in [0.15, 0.2) is 0 Å². The Bertz CT molecular complexity index is 844. The zero-order chi connectivity index (χ0) is 20.2. The molecule has 0 bridgehead atoms. The molecule has 1 aromatic carbocycles. The number of benzene rings is 1. The second kappa shape index (κ2) is 8.86. The number of methoxy groups -OCH3 is 2. The van der Waals surface area contributed by atoms with E-state index in [0.717, 1.165) is 54.3 Å². The number of nitrogens with one attached hydrogen (secondary N) is 1. The summed E-state index contributed by atoms with van der Waals surface area (Å²) in [5, 5.41) is 7.36. The van der Waals surface area contributed by atoms with Gasteiger partial charge in [0.1, 0.15) is 11.5 Å². The molecule has 2 aromatic rings. The third-order valence-electron chi connectivity index (χ3n) is 6.14. The van der Waals surface area contributed by atoms with Crippen molar-refractivity contribution in [3.8, 4) is 22.8 Å². The smallest absolute Gasteiger partial charge is 0.237 e. The van der Waals surface area contributed by atoms with Crippen LogP contribution in [0.3, 0.4) is 0 Å². The fourth-order valence-electron chi connectivity index (χ4n) is 4.56. The van der Waals surface area contributed by atoms with Gasteiger partial charge in [-0.15, -0.1) is 0 Å². The molecule has 1 saturated heterocycles. The van der Waals surface area contributed by atoms with Crippen molar-refractivity contribution in [1.82, 2.24) is 20.0 Å². The van der Waals surface area contributed by atoms with Crippen LogP contribution in [0.5, 0.6) is 11.5 Å². The maximum absolute atomic E-state index is 12.8. The average molecular weight is 399 g/mol. The maximum atomic E-state index is 12.8. The monoisotopic (exact) mass is 398 g/mol. The fraction of sp³-hybridized carbons (Fsp3) is 0.545. The van der Waals surface area contributed by atoms with Crippen LogP contribution < -0.4 is 9.47 Å². The van der Waals surface area contributed by atoms with Crippen molar-refractivity contribution in [3.63, 3.8) is 0 Å². The van der Waals surface area contributed by atoms with Gasteiger partial charge < -0.3 is 14.4 Å². The number of H-pyrrole nitrogens is 1. The minimum atomic E-state index is 0.259. The molecule has 7 nitrogen and oxygen atoms in total. The van der Waals surface area contributed by atoms with Gasteiger partial charge in [-0.25, -0.2) is 0 Å². The normalized spacial score (nSPS) is 18.8. The van der Waals surface area contributed by atoms with Crippen LogP contribution in [0, 0.1) is 0 Å². The van der Waals surface area contributed by atoms with E-state index in [1.54, 1.807) is 14.2 Å². The molecule has 1 amide bonds. The van der Waals surface area contributed by atoms with Crippen molar-refractivity contribution < 1.29 is 14.3 Å². The number of nitrogens with zero attached hydrogens (tertiary/aromatic N) is 3. The molecular formula is C22H30N4O3. The van der Waals surface area contributed by atoms with Crippen LogP contribution in [0.2, 0.25) is 0 Å². The van der Waals surface area contributed by atoms with Gasteiger partial charge in [-0.05, 0) is 25.0 Å². The summed E-state index contributed by atoms with van der Waals surface area (Å²) in [6, 6.07) is 6.20. The average Bonchev–Trinajstić information content (AvgIpc) is 3.21. The molecule has 1 aromatic heterocycles. The number of ether oxygens (including phenoxy) is 2. The molecule has 0 radical (unpaired) electrons. The molecule has 29 heavy (non-hydrogen) atoms. The Morgan fingerprint density at radius 1 is 1.14 bits per heavy atom. The molecule has 4 rings (SSSR count). The Morgan fingerprint density at radius 2 is 1.97 bits per heavy atom. The molecule has 0 spiro atoms. The Balaban J connectivity index is 1.46. The van der Waals surface area contributed by atoms with Crippen LogP contribution >= 0.6 is 0 Å². The molecule has 7 heteroatoms. The van der Waals surface area contributed by atoms with Gasteiger partial charge in [0, 0.05) is 42.9 Å². The fourth-order valence-corrected chi connectivity index (χ4v) is 4.56. The molecule has 156 valence electrons. The van der Waals surface area contributed by atoms with Gasteiger partial charge in [-0.1, -0.05) is 19.3 Å². The molecule has 1 N–H and O–H groups in total. The lowest BCUT2D eigenvalue weighted by atomic mass is 9.93. The van der Waals surface area contributed by atoms with Crippen molar-refractivity contribution in [3.05, 3.63) is 30.0 Å². The summed E-state index contributed by atoms with van der Waals surface area (Å²) in [6.45, 7) is 2.88. The standard InChI is InChI=1S/C22H30N4O3/c1-28-18-8-9-19(20(12-18)29-2)22-16(13-23-24-22)14-25-10-11-26(21(27)15-25)17-6-4-3-5-7-17/h8-9,12-13,17H,3-7,10-11,14-15H2,1-2H3,(H,23,24). The summed E-state index contributed by atoms with van der Waals surface area (Å²) < 4.78 is 10.8. The molecule has 0 atom stereocenters. The number of aromatic nitrogens is 2. The maximum Gasteiger partial charge on any atom is 0.237 e. The van der Waals surface area contributed by atoms with E-state index in [2.05, 4.69) is 20.0 Å². The van der Waals surface area contributed by atoms with Crippen LogP contribution in [0.15, 0.2) is 24.4 Å². The van der Waals surface area contributed by atoms with E-state index in [4.69, 9.17) is 9.47 Å². The molecule has 2 heterocycles. The van der Waals surface area contributed by atoms with Gasteiger partial charge >= 0.3 is 0 Å². The van der Waals surface area contributed by atoms with E-state index < -0.39 is 0 Å². The van der Waals surface area contributed by atoms with Gasteiger partial charge in [0.25, 0.3) is 0 Å². The molecule has 0 unspecified atom stereocenters. The zero-order valence-corrected chi connectivity index (χ0v) is 17.3. The molecule has 1 aliphatic carbocycles. The summed E-state index contributed by atoms with van der Waals surface area (Å²) in [6.07, 6.45) is 7.98. The summed E-state index contributed by atoms with van der Waals surface area (Å²) in [4.78, 5) is 17.1. The van der Waals surface area contributed by atoms with E-state index in [-0.39, 0.29) is 5.91 Å². The number of aromatic amines is 1. The zero-order valence-electron chi connectivity index (χ0n) is 17.3. The predicted octanol–water partition coefficient (Wildman–Crippen LogP) is 3.07. The molecule has 1 saturated carbocycles. The Hall–Kier alpha value is -2.54. The quantitative estimate of drug-likeness (QED) is 0.810. The Labute approximate surface area is 172 Å². The first-order valence-corrected chi connectivity index (χ1v) is 10.5. The highest BCUT2D eigenvalue weighted by molar-refractivity contribution is 5.79. The predicted molar refractivity (Wildman–Crippen MR) is 111 cm³/mol. The Morgan fingerprint density at radius 3 is 2.69 bits per heavy atom. The Kier molecular flexibility index (Phi) is 6.04. The number of amides is 1. The lowest BCUT2D eigenvalue weighted by molar-refractivity contribution is -0.139. The molecule has 2 aliphatic rings. The molecular weight excluding hydrogens is 368 g/mol. The van der Waals surface area contributed by atoms with E-state index in [9.17, 15) is 4.79 Å². The summed E-state index contributed by atoms with van der Waals surface area (Å²) >= 11 is 0. The van der Waals surface area contributed by atoms with Crippen molar-refractivity contribution in [2.75, 3.05) is 33.9 Å². The van der Waals surface area contributed by atoms with Crippen LogP contribution in [0.4, 0.5) is 0 Å². The molecule has 1 aliphatic heterocycles. The molecule has 2 fully saturated rings. The van der Waals surface area contributed by atoms with Crippen LogP contribution in [0.1, 0.15) is 37.7 Å². The summed E-state index contributed by atoms with van der Waals surface area (Å²) in [7, 11) is 3.29. The van der Waals surface area contributed by atoms with Gasteiger partial charge in [-0.3, -0.25) is 14.8 Å². The van der Waals surface area contributed by atoms with Gasteiger partial charge in [0.2, 0.25) is 5.91 Å². The van der Waals surface area contributed by atoms with Crippen LogP contribution in [-0.4, -0.2) is 65.8 Å². The number of hydrogen-bond donors (Lipinski definition) is 1. The lowest BCUT2D eigenvalue weighted by Gasteiger charge is -2.40. The van der Waals surface area contributed by atoms with E-state index in [0.29, 0.717) is 19.1 Å². The first kappa shape index (κ1) is 19.8. The van der Waals surface area contributed by atoms with Crippen molar-refractivity contribution in [2.24, 2.45) is 0 Å². The van der Waals surface area contributed by atoms with E-state index in [1.807, 2.05) is 24.4 Å². The highest BCUT2D eigenvalue weighted by Crippen LogP contribution is 2.34.